The lowest BCUT2D eigenvalue weighted by Crippen LogP contribution is -2.35. The molecule has 1 aliphatic rings. The third-order valence-electron chi connectivity index (χ3n) is 3.42. The number of unbranched alkanes of at least 4 members (excludes halogenated alkanes) is 1. The first-order valence-corrected chi connectivity index (χ1v) is 8.34. The first-order chi connectivity index (χ1) is 9.83. The number of nitrogens with one attached hydrogen (secondary N) is 1. The van der Waals surface area contributed by atoms with Crippen molar-refractivity contribution in [3.63, 3.8) is 0 Å². The summed E-state index contributed by atoms with van der Waals surface area (Å²) in [4.78, 5) is 0. The fraction of sp³-hybridized carbons (Fsp3) is 1.00. The lowest BCUT2D eigenvalue weighted by Gasteiger charge is -2.30. The van der Waals surface area contributed by atoms with E-state index in [1.807, 2.05) is 0 Å². The molecule has 1 aliphatic carbocycles. The molecule has 0 atom stereocenters. The molecule has 120 valence electrons. The molecule has 0 bridgehead atoms. The molecule has 1 fully saturated rings. The van der Waals surface area contributed by atoms with Gasteiger partial charge in [-0.3, -0.25) is 0 Å². The van der Waals surface area contributed by atoms with Gasteiger partial charge < -0.3 is 19.5 Å². The van der Waals surface area contributed by atoms with Crippen LogP contribution in [0.25, 0.3) is 0 Å². The maximum Gasteiger partial charge on any atom is 0.0701 e. The van der Waals surface area contributed by atoms with E-state index >= 15 is 0 Å². The van der Waals surface area contributed by atoms with Crippen molar-refractivity contribution in [3.05, 3.63) is 0 Å². The summed E-state index contributed by atoms with van der Waals surface area (Å²) in [6.45, 7) is 8.37. The van der Waals surface area contributed by atoms with Gasteiger partial charge in [0.15, 0.2) is 0 Å². The molecule has 0 amide bonds. The van der Waals surface area contributed by atoms with Gasteiger partial charge in [0.25, 0.3) is 0 Å². The van der Waals surface area contributed by atoms with Crippen molar-refractivity contribution < 1.29 is 14.2 Å². The van der Waals surface area contributed by atoms with Gasteiger partial charge >= 0.3 is 0 Å². The molecule has 0 unspecified atom stereocenters. The summed E-state index contributed by atoms with van der Waals surface area (Å²) in [6, 6.07) is 0. The summed E-state index contributed by atoms with van der Waals surface area (Å²) in [6.07, 6.45) is 4.62. The van der Waals surface area contributed by atoms with E-state index in [1.54, 1.807) is 0 Å². The van der Waals surface area contributed by atoms with Crippen molar-refractivity contribution in [3.8, 4) is 0 Å². The maximum atomic E-state index is 5.93. The average molecular weight is 308 g/mol. The van der Waals surface area contributed by atoms with Crippen LogP contribution in [-0.4, -0.2) is 58.1 Å². The van der Waals surface area contributed by atoms with E-state index < -0.39 is 0 Å². The highest BCUT2D eigenvalue weighted by molar-refractivity contribution is 6.21. The second-order valence-electron chi connectivity index (χ2n) is 5.33. The first kappa shape index (κ1) is 18.2. The van der Waals surface area contributed by atoms with Crippen LogP contribution in [0, 0.1) is 5.92 Å². The SMILES string of the molecule is CCCCOCCOCCOCCNCC1CC(Cl)C1. The molecular weight excluding hydrogens is 278 g/mol. The lowest BCUT2D eigenvalue weighted by atomic mass is 9.85. The van der Waals surface area contributed by atoms with Crippen molar-refractivity contribution in [1.82, 2.24) is 5.32 Å². The minimum atomic E-state index is 0.418. The molecule has 0 aromatic heterocycles. The van der Waals surface area contributed by atoms with E-state index in [4.69, 9.17) is 25.8 Å². The second-order valence-corrected chi connectivity index (χ2v) is 5.95. The zero-order chi connectivity index (χ0) is 14.5. The first-order valence-electron chi connectivity index (χ1n) is 7.91. The Morgan fingerprint density at radius 3 is 2.15 bits per heavy atom. The highest BCUT2D eigenvalue weighted by Crippen LogP contribution is 2.30. The molecule has 0 spiro atoms. The number of ether oxygens (including phenoxy) is 3. The number of halogens is 1. The van der Waals surface area contributed by atoms with Crippen molar-refractivity contribution in [1.29, 1.82) is 0 Å². The number of rotatable bonds is 14. The molecule has 0 radical (unpaired) electrons. The van der Waals surface area contributed by atoms with Crippen LogP contribution in [-0.2, 0) is 14.2 Å². The Morgan fingerprint density at radius 1 is 0.950 bits per heavy atom. The number of hydrogen-bond donors (Lipinski definition) is 1. The minimum absolute atomic E-state index is 0.418. The Morgan fingerprint density at radius 2 is 1.55 bits per heavy atom. The minimum Gasteiger partial charge on any atom is -0.379 e. The van der Waals surface area contributed by atoms with Crippen molar-refractivity contribution >= 4 is 11.6 Å². The zero-order valence-corrected chi connectivity index (χ0v) is 13.5. The fourth-order valence-electron chi connectivity index (χ4n) is 2.06. The molecule has 5 heteroatoms. The lowest BCUT2D eigenvalue weighted by molar-refractivity contribution is 0.0145. The Labute approximate surface area is 128 Å². The van der Waals surface area contributed by atoms with Crippen LogP contribution in [0.15, 0.2) is 0 Å². The number of alkyl halides is 1. The Kier molecular flexibility index (Phi) is 11.7. The average Bonchev–Trinajstić information content (AvgIpc) is 2.41. The van der Waals surface area contributed by atoms with Crippen LogP contribution in [0.3, 0.4) is 0 Å². The number of hydrogen-bond acceptors (Lipinski definition) is 4. The van der Waals surface area contributed by atoms with Crippen molar-refractivity contribution in [2.24, 2.45) is 5.92 Å². The fourth-order valence-corrected chi connectivity index (χ4v) is 2.56. The Hall–Kier alpha value is 0.130. The molecule has 4 nitrogen and oxygen atoms in total. The van der Waals surface area contributed by atoms with Gasteiger partial charge in [0.05, 0.1) is 33.0 Å². The van der Waals surface area contributed by atoms with Gasteiger partial charge in [-0.25, -0.2) is 0 Å². The predicted molar refractivity (Wildman–Crippen MR) is 82.6 cm³/mol. The molecule has 1 N–H and O–H groups in total. The van der Waals surface area contributed by atoms with E-state index in [9.17, 15) is 0 Å². The molecule has 1 rings (SSSR count). The van der Waals surface area contributed by atoms with E-state index in [0.717, 1.165) is 51.5 Å². The molecule has 0 saturated heterocycles. The van der Waals surface area contributed by atoms with Gasteiger partial charge in [-0.1, -0.05) is 13.3 Å². The quantitative estimate of drug-likeness (QED) is 0.395. The Balaban J connectivity index is 1.64. The van der Waals surface area contributed by atoms with E-state index in [-0.39, 0.29) is 0 Å². The smallest absolute Gasteiger partial charge is 0.0701 e. The summed E-state index contributed by atoms with van der Waals surface area (Å²) in [7, 11) is 0. The van der Waals surface area contributed by atoms with Crippen LogP contribution in [0.5, 0.6) is 0 Å². The van der Waals surface area contributed by atoms with Gasteiger partial charge in [0.2, 0.25) is 0 Å². The summed E-state index contributed by atoms with van der Waals surface area (Å²) < 4.78 is 16.3. The molecule has 0 aliphatic heterocycles. The largest absolute Gasteiger partial charge is 0.379 e. The Bertz CT molecular complexity index is 213. The monoisotopic (exact) mass is 307 g/mol. The van der Waals surface area contributed by atoms with Gasteiger partial charge in [0, 0.05) is 18.5 Å². The third kappa shape index (κ3) is 9.94. The summed E-state index contributed by atoms with van der Waals surface area (Å²) in [5, 5.41) is 3.81. The van der Waals surface area contributed by atoms with Gasteiger partial charge in [-0.2, -0.15) is 0 Å². The third-order valence-corrected chi connectivity index (χ3v) is 3.78. The summed E-state index contributed by atoms with van der Waals surface area (Å²) >= 11 is 5.93. The highest BCUT2D eigenvalue weighted by atomic mass is 35.5. The maximum absolute atomic E-state index is 5.93. The predicted octanol–water partition coefficient (Wildman–Crippen LogP) is 2.44. The molecule has 20 heavy (non-hydrogen) atoms. The van der Waals surface area contributed by atoms with Crippen LogP contribution in [0.1, 0.15) is 32.6 Å². The zero-order valence-electron chi connectivity index (χ0n) is 12.7. The molecule has 1 saturated carbocycles. The summed E-state index contributed by atoms with van der Waals surface area (Å²) in [5.74, 6) is 0.772. The standard InChI is InChI=1S/C15H30ClNO3/c1-2-3-5-18-7-9-20-10-8-19-6-4-17-13-14-11-15(16)12-14/h14-15,17H,2-13H2,1H3. The molecule has 0 aromatic carbocycles. The van der Waals surface area contributed by atoms with Gasteiger partial charge in [-0.05, 0) is 31.7 Å². The van der Waals surface area contributed by atoms with Gasteiger partial charge in [0.1, 0.15) is 0 Å². The van der Waals surface area contributed by atoms with Crippen molar-refractivity contribution in [2.45, 2.75) is 38.0 Å². The highest BCUT2D eigenvalue weighted by Gasteiger charge is 2.26. The topological polar surface area (TPSA) is 39.7 Å². The summed E-state index contributed by atoms with van der Waals surface area (Å²) in [5.41, 5.74) is 0. The van der Waals surface area contributed by atoms with E-state index in [0.29, 0.717) is 31.8 Å². The van der Waals surface area contributed by atoms with Gasteiger partial charge in [-0.15, -0.1) is 11.6 Å². The van der Waals surface area contributed by atoms with Crippen LogP contribution in [0.4, 0.5) is 0 Å². The van der Waals surface area contributed by atoms with Crippen LogP contribution < -0.4 is 5.32 Å². The van der Waals surface area contributed by atoms with Crippen molar-refractivity contribution in [2.75, 3.05) is 52.7 Å². The normalized spacial score (nSPS) is 21.9. The van der Waals surface area contributed by atoms with Crippen LogP contribution in [0.2, 0.25) is 0 Å². The second kappa shape index (κ2) is 12.8. The molecular formula is C15H30ClNO3. The van der Waals surface area contributed by atoms with E-state index in [1.165, 1.54) is 6.42 Å². The van der Waals surface area contributed by atoms with Crippen LogP contribution >= 0.6 is 11.6 Å². The van der Waals surface area contributed by atoms with E-state index in [2.05, 4.69) is 12.2 Å². The molecule has 0 heterocycles. The molecule has 0 aromatic rings.